The number of hydrogen-bond donors (Lipinski definition) is 1. The highest BCUT2D eigenvalue weighted by atomic mass is 19.1. The molecule has 0 bridgehead atoms. The molecule has 0 radical (unpaired) electrons. The number of halogens is 1. The van der Waals surface area contributed by atoms with Gasteiger partial charge in [-0.1, -0.05) is 0 Å². The SMILES string of the molecule is COCCCCn1nnnc1-c1ccc(F)cc1N. The van der Waals surface area contributed by atoms with Crippen LogP contribution in [0.25, 0.3) is 11.4 Å². The van der Waals surface area contributed by atoms with Crippen LogP contribution in [-0.2, 0) is 11.3 Å². The van der Waals surface area contributed by atoms with Gasteiger partial charge in [0.15, 0.2) is 5.82 Å². The van der Waals surface area contributed by atoms with E-state index in [9.17, 15) is 4.39 Å². The molecule has 6 nitrogen and oxygen atoms in total. The minimum atomic E-state index is -0.375. The fourth-order valence-electron chi connectivity index (χ4n) is 1.79. The Hall–Kier alpha value is -2.02. The first-order valence-electron chi connectivity index (χ1n) is 6.03. The zero-order valence-electron chi connectivity index (χ0n) is 10.7. The van der Waals surface area contributed by atoms with Crippen molar-refractivity contribution in [2.24, 2.45) is 0 Å². The smallest absolute Gasteiger partial charge is 0.184 e. The van der Waals surface area contributed by atoms with Gasteiger partial charge in [0, 0.05) is 31.5 Å². The van der Waals surface area contributed by atoms with Crippen LogP contribution in [0.15, 0.2) is 18.2 Å². The molecule has 0 amide bonds. The molecule has 1 heterocycles. The summed E-state index contributed by atoms with van der Waals surface area (Å²) in [7, 11) is 1.67. The lowest BCUT2D eigenvalue weighted by atomic mass is 10.1. The maximum Gasteiger partial charge on any atom is 0.184 e. The molecule has 0 atom stereocenters. The molecule has 102 valence electrons. The van der Waals surface area contributed by atoms with Crippen LogP contribution in [-0.4, -0.2) is 33.9 Å². The Morgan fingerprint density at radius 1 is 1.37 bits per heavy atom. The average molecular weight is 265 g/mol. The lowest BCUT2D eigenvalue weighted by Crippen LogP contribution is -2.05. The van der Waals surface area contributed by atoms with Crippen LogP contribution >= 0.6 is 0 Å². The standard InChI is InChI=1S/C12H16FN5O/c1-19-7-3-2-6-18-12(15-16-17-18)10-5-4-9(13)8-11(10)14/h4-5,8H,2-3,6-7,14H2,1H3. The normalized spacial score (nSPS) is 10.8. The van der Waals surface area contributed by atoms with Gasteiger partial charge in [-0.2, -0.15) is 0 Å². The van der Waals surface area contributed by atoms with Crippen molar-refractivity contribution in [1.82, 2.24) is 20.2 Å². The van der Waals surface area contributed by atoms with Gasteiger partial charge in [-0.15, -0.1) is 5.10 Å². The molecule has 2 rings (SSSR count). The van der Waals surface area contributed by atoms with Crippen LogP contribution < -0.4 is 5.73 Å². The number of aromatic nitrogens is 4. The van der Waals surface area contributed by atoms with E-state index in [0.717, 1.165) is 12.8 Å². The fraction of sp³-hybridized carbons (Fsp3) is 0.417. The van der Waals surface area contributed by atoms with Crippen molar-refractivity contribution in [3.8, 4) is 11.4 Å². The highest BCUT2D eigenvalue weighted by Crippen LogP contribution is 2.24. The molecule has 0 aliphatic heterocycles. The topological polar surface area (TPSA) is 78.8 Å². The van der Waals surface area contributed by atoms with Gasteiger partial charge in [0.25, 0.3) is 0 Å². The van der Waals surface area contributed by atoms with Crippen molar-refractivity contribution in [3.63, 3.8) is 0 Å². The first-order chi connectivity index (χ1) is 9.22. The fourth-order valence-corrected chi connectivity index (χ4v) is 1.79. The molecule has 0 unspecified atom stereocenters. The number of hydrogen-bond acceptors (Lipinski definition) is 5. The summed E-state index contributed by atoms with van der Waals surface area (Å²) in [4.78, 5) is 0. The van der Waals surface area contributed by atoms with Gasteiger partial charge >= 0.3 is 0 Å². The molecule has 7 heteroatoms. The van der Waals surface area contributed by atoms with Crippen LogP contribution in [0.1, 0.15) is 12.8 Å². The van der Waals surface area contributed by atoms with Gasteiger partial charge < -0.3 is 10.5 Å². The third-order valence-corrected chi connectivity index (χ3v) is 2.75. The zero-order valence-corrected chi connectivity index (χ0v) is 10.7. The van der Waals surface area contributed by atoms with Crippen molar-refractivity contribution in [3.05, 3.63) is 24.0 Å². The largest absolute Gasteiger partial charge is 0.398 e. The molecule has 2 aromatic rings. The van der Waals surface area contributed by atoms with Crippen molar-refractivity contribution >= 4 is 5.69 Å². The van der Waals surface area contributed by atoms with Crippen molar-refractivity contribution in [2.45, 2.75) is 19.4 Å². The van der Waals surface area contributed by atoms with E-state index in [1.807, 2.05) is 0 Å². The maximum atomic E-state index is 13.0. The van der Waals surface area contributed by atoms with Crippen LogP contribution in [0.4, 0.5) is 10.1 Å². The zero-order chi connectivity index (χ0) is 13.7. The van der Waals surface area contributed by atoms with E-state index in [2.05, 4.69) is 15.5 Å². The molecular weight excluding hydrogens is 249 g/mol. The van der Waals surface area contributed by atoms with Crippen molar-refractivity contribution < 1.29 is 9.13 Å². The van der Waals surface area contributed by atoms with Crippen molar-refractivity contribution in [2.75, 3.05) is 19.5 Å². The van der Waals surface area contributed by atoms with Gasteiger partial charge in [0.05, 0.1) is 0 Å². The summed E-state index contributed by atoms with van der Waals surface area (Å²) in [6, 6.07) is 4.19. The van der Waals surface area contributed by atoms with Crippen LogP contribution in [0.5, 0.6) is 0 Å². The number of benzene rings is 1. The monoisotopic (exact) mass is 265 g/mol. The second kappa shape index (κ2) is 6.24. The van der Waals surface area contributed by atoms with Crippen LogP contribution in [0.3, 0.4) is 0 Å². The molecule has 2 N–H and O–H groups in total. The summed E-state index contributed by atoms with van der Waals surface area (Å²) in [5, 5.41) is 11.5. The van der Waals surface area contributed by atoms with E-state index < -0.39 is 0 Å². The molecule has 0 fully saturated rings. The molecule has 1 aromatic heterocycles. The quantitative estimate of drug-likeness (QED) is 0.632. The summed E-state index contributed by atoms with van der Waals surface area (Å²) < 4.78 is 19.7. The van der Waals surface area contributed by atoms with Gasteiger partial charge in [0.1, 0.15) is 5.82 Å². The summed E-state index contributed by atoms with van der Waals surface area (Å²) in [5.41, 5.74) is 6.75. The van der Waals surface area contributed by atoms with E-state index in [1.54, 1.807) is 17.9 Å². The maximum absolute atomic E-state index is 13.0. The predicted molar refractivity (Wildman–Crippen MR) is 68.7 cm³/mol. The number of unbranched alkanes of at least 4 members (excludes halogenated alkanes) is 1. The van der Waals surface area contributed by atoms with Crippen LogP contribution in [0.2, 0.25) is 0 Å². The Bertz CT molecular complexity index is 543. The number of nitrogens with two attached hydrogens (primary N) is 1. The first kappa shape index (κ1) is 13.4. The number of nitrogen functional groups attached to an aromatic ring is 1. The molecule has 19 heavy (non-hydrogen) atoms. The lowest BCUT2D eigenvalue weighted by molar-refractivity contribution is 0.191. The summed E-state index contributed by atoms with van der Waals surface area (Å²) in [5.74, 6) is 0.176. The Balaban J connectivity index is 2.14. The van der Waals surface area contributed by atoms with E-state index in [1.165, 1.54) is 12.1 Å². The number of rotatable bonds is 6. The molecular formula is C12H16FN5O. The average Bonchev–Trinajstić information content (AvgIpc) is 2.83. The molecule has 0 saturated carbocycles. The van der Waals surface area contributed by atoms with Crippen molar-refractivity contribution in [1.29, 1.82) is 0 Å². The van der Waals surface area contributed by atoms with E-state index in [-0.39, 0.29) is 5.82 Å². The molecule has 1 aromatic carbocycles. The summed E-state index contributed by atoms with van der Waals surface area (Å²) in [6.45, 7) is 1.37. The molecule has 0 aliphatic rings. The van der Waals surface area contributed by atoms with Crippen LogP contribution in [0, 0.1) is 5.82 Å². The minimum absolute atomic E-state index is 0.327. The Labute approximate surface area is 110 Å². The molecule has 0 saturated heterocycles. The Kier molecular flexibility index (Phi) is 4.40. The van der Waals surface area contributed by atoms with E-state index >= 15 is 0 Å². The third kappa shape index (κ3) is 3.25. The third-order valence-electron chi connectivity index (χ3n) is 2.75. The number of methoxy groups -OCH3 is 1. The van der Waals surface area contributed by atoms with E-state index in [4.69, 9.17) is 10.5 Å². The lowest BCUT2D eigenvalue weighted by Gasteiger charge is -2.06. The number of ether oxygens (including phenoxy) is 1. The van der Waals surface area contributed by atoms with E-state index in [0.29, 0.717) is 30.2 Å². The highest BCUT2D eigenvalue weighted by molar-refractivity contribution is 5.71. The number of aryl methyl sites for hydroxylation is 1. The second-order valence-electron chi connectivity index (χ2n) is 4.16. The first-order valence-corrected chi connectivity index (χ1v) is 6.03. The van der Waals surface area contributed by atoms with Gasteiger partial charge in [0.2, 0.25) is 0 Å². The second-order valence-corrected chi connectivity index (χ2v) is 4.16. The molecule has 0 aliphatic carbocycles. The number of nitrogens with zero attached hydrogens (tertiary/aromatic N) is 4. The summed E-state index contributed by atoms with van der Waals surface area (Å²) in [6.07, 6.45) is 1.82. The highest BCUT2D eigenvalue weighted by Gasteiger charge is 2.12. The number of tetrazole rings is 1. The predicted octanol–water partition coefficient (Wildman–Crippen LogP) is 1.49. The minimum Gasteiger partial charge on any atom is -0.398 e. The van der Waals surface area contributed by atoms with Gasteiger partial charge in [-0.3, -0.25) is 0 Å². The van der Waals surface area contributed by atoms with Gasteiger partial charge in [-0.05, 0) is 41.5 Å². The number of anilines is 1. The Morgan fingerprint density at radius 3 is 2.95 bits per heavy atom. The Morgan fingerprint density at radius 2 is 2.21 bits per heavy atom. The van der Waals surface area contributed by atoms with Gasteiger partial charge in [-0.25, -0.2) is 9.07 Å². The summed E-state index contributed by atoms with van der Waals surface area (Å²) >= 11 is 0. The molecule has 0 spiro atoms.